The molecule has 0 bridgehead atoms. The quantitative estimate of drug-likeness (QED) is 0.841. The summed E-state index contributed by atoms with van der Waals surface area (Å²) in [5.74, 6) is -0.270. The average Bonchev–Trinajstić information content (AvgIpc) is 2.55. The molecule has 23 heavy (non-hydrogen) atoms. The first kappa shape index (κ1) is 17.3. The van der Waals surface area contributed by atoms with Crippen LogP contribution in [0.4, 0.5) is 5.69 Å². The maximum atomic E-state index is 12.4. The fourth-order valence-electron chi connectivity index (χ4n) is 2.69. The third-order valence-electron chi connectivity index (χ3n) is 4.20. The van der Waals surface area contributed by atoms with E-state index in [1.54, 1.807) is 18.2 Å². The van der Waals surface area contributed by atoms with Gasteiger partial charge in [-0.2, -0.15) is 0 Å². The van der Waals surface area contributed by atoms with E-state index in [-0.39, 0.29) is 18.4 Å². The van der Waals surface area contributed by atoms with E-state index in [4.69, 9.17) is 14.6 Å². The topological polar surface area (TPSA) is 84.9 Å². The first-order chi connectivity index (χ1) is 11.0. The minimum absolute atomic E-state index is 0.000737. The summed E-state index contributed by atoms with van der Waals surface area (Å²) >= 11 is 0. The number of ether oxygens (including phenoxy) is 2. The lowest BCUT2D eigenvalue weighted by Crippen LogP contribution is -2.31. The van der Waals surface area contributed by atoms with Gasteiger partial charge in [0.15, 0.2) is 6.61 Å². The molecule has 6 nitrogen and oxygen atoms in total. The molecule has 2 N–H and O–H groups in total. The smallest absolute Gasteiger partial charge is 0.341 e. The van der Waals surface area contributed by atoms with Gasteiger partial charge in [0.2, 0.25) is 5.91 Å². The molecule has 1 aromatic rings. The maximum Gasteiger partial charge on any atom is 0.341 e. The zero-order valence-corrected chi connectivity index (χ0v) is 13.5. The standard InChI is InChI=1S/C17H23NO5/c1-11-9-14(23-10-16(19)20)3-4-15(11)18-17(21)12(2)13-5-7-22-8-6-13/h3-4,9,12-13H,5-8,10H2,1-2H3,(H,18,21)(H,19,20)/t12-/m1/s1. The van der Waals surface area contributed by atoms with Gasteiger partial charge in [-0.15, -0.1) is 0 Å². The van der Waals surface area contributed by atoms with E-state index in [1.165, 1.54) is 0 Å². The highest BCUT2D eigenvalue weighted by Crippen LogP contribution is 2.26. The van der Waals surface area contributed by atoms with Crippen molar-refractivity contribution in [2.45, 2.75) is 26.7 Å². The molecule has 2 rings (SSSR count). The van der Waals surface area contributed by atoms with Crippen LogP contribution >= 0.6 is 0 Å². The molecule has 1 heterocycles. The second-order valence-electron chi connectivity index (χ2n) is 5.89. The van der Waals surface area contributed by atoms with Crippen LogP contribution in [-0.4, -0.2) is 36.8 Å². The third-order valence-corrected chi connectivity index (χ3v) is 4.20. The molecule has 0 aromatic heterocycles. The largest absolute Gasteiger partial charge is 0.482 e. The first-order valence-electron chi connectivity index (χ1n) is 7.81. The molecule has 1 fully saturated rings. The summed E-state index contributed by atoms with van der Waals surface area (Å²) in [7, 11) is 0. The number of rotatable bonds is 6. The van der Waals surface area contributed by atoms with Gasteiger partial charge >= 0.3 is 5.97 Å². The summed E-state index contributed by atoms with van der Waals surface area (Å²) in [4.78, 5) is 22.9. The summed E-state index contributed by atoms with van der Waals surface area (Å²) in [6.07, 6.45) is 1.82. The third kappa shape index (κ3) is 4.96. The number of benzene rings is 1. The Morgan fingerprint density at radius 2 is 2.09 bits per heavy atom. The van der Waals surface area contributed by atoms with Gasteiger partial charge in [0.05, 0.1) is 0 Å². The normalized spacial score (nSPS) is 16.6. The molecule has 126 valence electrons. The fourth-order valence-corrected chi connectivity index (χ4v) is 2.69. The number of carboxylic acids is 1. The van der Waals surface area contributed by atoms with E-state index in [0.29, 0.717) is 11.7 Å². The lowest BCUT2D eigenvalue weighted by atomic mass is 9.86. The molecule has 1 atom stereocenters. The van der Waals surface area contributed by atoms with E-state index < -0.39 is 5.97 Å². The van der Waals surface area contributed by atoms with E-state index >= 15 is 0 Å². The van der Waals surface area contributed by atoms with Gasteiger partial charge in [-0.3, -0.25) is 4.79 Å². The van der Waals surface area contributed by atoms with Crippen LogP contribution in [-0.2, 0) is 14.3 Å². The molecular weight excluding hydrogens is 298 g/mol. The molecule has 0 aliphatic carbocycles. The Morgan fingerprint density at radius 1 is 1.39 bits per heavy atom. The Morgan fingerprint density at radius 3 is 2.70 bits per heavy atom. The molecule has 6 heteroatoms. The Bertz CT molecular complexity index is 566. The van der Waals surface area contributed by atoms with Crippen LogP contribution in [0.3, 0.4) is 0 Å². The lowest BCUT2D eigenvalue weighted by Gasteiger charge is -2.27. The number of anilines is 1. The second-order valence-corrected chi connectivity index (χ2v) is 5.89. The van der Waals surface area contributed by atoms with Crippen LogP contribution in [0.2, 0.25) is 0 Å². The molecule has 1 amide bonds. The van der Waals surface area contributed by atoms with Crippen molar-refractivity contribution < 1.29 is 24.2 Å². The molecule has 0 radical (unpaired) electrons. The van der Waals surface area contributed by atoms with Gasteiger partial charge in [-0.1, -0.05) is 6.92 Å². The van der Waals surface area contributed by atoms with Crippen molar-refractivity contribution in [2.75, 3.05) is 25.1 Å². The van der Waals surface area contributed by atoms with Crippen molar-refractivity contribution in [1.29, 1.82) is 0 Å². The Hall–Kier alpha value is -2.08. The second kappa shape index (κ2) is 7.97. The van der Waals surface area contributed by atoms with Gasteiger partial charge in [0.1, 0.15) is 5.75 Å². The Kier molecular flexibility index (Phi) is 5.98. The van der Waals surface area contributed by atoms with Crippen molar-refractivity contribution >= 4 is 17.6 Å². The number of carbonyl (C=O) groups excluding carboxylic acids is 1. The van der Waals surface area contributed by atoms with Crippen LogP contribution < -0.4 is 10.1 Å². The molecule has 1 aromatic carbocycles. The minimum Gasteiger partial charge on any atom is -0.482 e. The molecular formula is C17H23NO5. The highest BCUT2D eigenvalue weighted by molar-refractivity contribution is 5.93. The van der Waals surface area contributed by atoms with Crippen LogP contribution in [0.5, 0.6) is 5.75 Å². The van der Waals surface area contributed by atoms with Gasteiger partial charge in [-0.25, -0.2) is 4.79 Å². The Balaban J connectivity index is 1.96. The fraction of sp³-hybridized carbons (Fsp3) is 0.529. The number of aryl methyl sites for hydroxylation is 1. The molecule has 1 aliphatic rings. The monoisotopic (exact) mass is 321 g/mol. The van der Waals surface area contributed by atoms with E-state index in [0.717, 1.165) is 37.3 Å². The van der Waals surface area contributed by atoms with Crippen molar-refractivity contribution in [3.8, 4) is 5.75 Å². The summed E-state index contributed by atoms with van der Waals surface area (Å²) in [5, 5.41) is 11.6. The SMILES string of the molecule is Cc1cc(OCC(=O)O)ccc1NC(=O)[C@H](C)C1CCOCC1. The molecule has 0 spiro atoms. The summed E-state index contributed by atoms with van der Waals surface area (Å²) in [6.45, 7) is 4.85. The van der Waals surface area contributed by atoms with Gasteiger partial charge < -0.3 is 19.9 Å². The number of nitrogens with one attached hydrogen (secondary N) is 1. The minimum atomic E-state index is -1.02. The summed E-state index contributed by atoms with van der Waals surface area (Å²) in [6, 6.07) is 5.11. The van der Waals surface area contributed by atoms with E-state index in [9.17, 15) is 9.59 Å². The van der Waals surface area contributed by atoms with Gasteiger partial charge in [-0.05, 0) is 49.4 Å². The molecule has 0 saturated carbocycles. The van der Waals surface area contributed by atoms with Gasteiger partial charge in [0, 0.05) is 24.8 Å². The van der Waals surface area contributed by atoms with E-state index in [2.05, 4.69) is 5.32 Å². The highest BCUT2D eigenvalue weighted by atomic mass is 16.5. The van der Waals surface area contributed by atoms with Crippen LogP contribution in [0.15, 0.2) is 18.2 Å². The predicted octanol–water partition coefficient (Wildman–Crippen LogP) is 2.46. The predicted molar refractivity (Wildman–Crippen MR) is 85.6 cm³/mol. The number of carboxylic acid groups (broad SMARTS) is 1. The van der Waals surface area contributed by atoms with Crippen molar-refractivity contribution in [3.63, 3.8) is 0 Å². The number of aliphatic carboxylic acids is 1. The van der Waals surface area contributed by atoms with Crippen molar-refractivity contribution in [1.82, 2.24) is 0 Å². The highest BCUT2D eigenvalue weighted by Gasteiger charge is 2.26. The van der Waals surface area contributed by atoms with Crippen molar-refractivity contribution in [2.24, 2.45) is 11.8 Å². The number of hydrogen-bond donors (Lipinski definition) is 2. The van der Waals surface area contributed by atoms with Crippen molar-refractivity contribution in [3.05, 3.63) is 23.8 Å². The number of hydrogen-bond acceptors (Lipinski definition) is 4. The summed E-state index contributed by atoms with van der Waals surface area (Å²) in [5.41, 5.74) is 1.55. The van der Waals surface area contributed by atoms with Crippen LogP contribution in [0.1, 0.15) is 25.3 Å². The molecule has 0 unspecified atom stereocenters. The molecule has 1 aliphatic heterocycles. The van der Waals surface area contributed by atoms with Gasteiger partial charge in [0.25, 0.3) is 0 Å². The summed E-state index contributed by atoms with van der Waals surface area (Å²) < 4.78 is 10.5. The van der Waals surface area contributed by atoms with E-state index in [1.807, 2.05) is 13.8 Å². The van der Waals surface area contributed by atoms with Crippen LogP contribution in [0, 0.1) is 18.8 Å². The first-order valence-corrected chi connectivity index (χ1v) is 7.81. The maximum absolute atomic E-state index is 12.4. The zero-order chi connectivity index (χ0) is 16.8. The number of carbonyl (C=O) groups is 2. The van der Waals surface area contributed by atoms with Crippen LogP contribution in [0.25, 0.3) is 0 Å². The molecule has 1 saturated heterocycles. The zero-order valence-electron chi connectivity index (χ0n) is 13.5. The number of amides is 1. The average molecular weight is 321 g/mol. The Labute approximate surface area is 135 Å². The lowest BCUT2D eigenvalue weighted by molar-refractivity contribution is -0.139.